The molecule has 7 heteroatoms. The average Bonchev–Trinajstić information content (AvgIpc) is 3.07. The van der Waals surface area contributed by atoms with Gasteiger partial charge in [-0.2, -0.15) is 11.8 Å². The largest absolute Gasteiger partial charge is 0.482 e. The number of nitrogens with zero attached hydrogens (tertiary/aromatic N) is 1. The topological polar surface area (TPSA) is 57.2 Å². The average molecular weight is 413 g/mol. The summed E-state index contributed by atoms with van der Waals surface area (Å²) in [5.74, 6) is 3.81. The SMILES string of the molecule is CC1Oc2ccccc2OC1C(=O)N1CCSC(c2ccc3c(c2)OCO3)CC1. The Bertz CT molecular complexity index is 920. The minimum Gasteiger partial charge on any atom is -0.482 e. The molecule has 1 fully saturated rings. The van der Waals surface area contributed by atoms with E-state index in [1.165, 1.54) is 5.56 Å². The van der Waals surface area contributed by atoms with Crippen LogP contribution in [0.3, 0.4) is 0 Å². The first-order valence-corrected chi connectivity index (χ1v) is 11.0. The van der Waals surface area contributed by atoms with Crippen molar-refractivity contribution in [3.05, 3.63) is 48.0 Å². The zero-order chi connectivity index (χ0) is 19.8. The number of para-hydroxylation sites is 2. The summed E-state index contributed by atoms with van der Waals surface area (Å²) in [5, 5.41) is 0.323. The van der Waals surface area contributed by atoms with E-state index in [1.54, 1.807) is 0 Å². The Morgan fingerprint density at radius 2 is 1.79 bits per heavy atom. The lowest BCUT2D eigenvalue weighted by Gasteiger charge is -2.34. The van der Waals surface area contributed by atoms with E-state index in [0.717, 1.165) is 23.7 Å². The van der Waals surface area contributed by atoms with Gasteiger partial charge in [-0.1, -0.05) is 18.2 Å². The molecule has 3 atom stereocenters. The van der Waals surface area contributed by atoms with Crippen molar-refractivity contribution in [2.75, 3.05) is 25.6 Å². The third kappa shape index (κ3) is 3.59. The number of rotatable bonds is 2. The second-order valence-electron chi connectivity index (χ2n) is 7.39. The summed E-state index contributed by atoms with van der Waals surface area (Å²) in [7, 11) is 0. The van der Waals surface area contributed by atoms with E-state index >= 15 is 0 Å². The summed E-state index contributed by atoms with van der Waals surface area (Å²) >= 11 is 1.88. The van der Waals surface area contributed by atoms with Gasteiger partial charge in [0.25, 0.3) is 5.91 Å². The molecule has 1 amide bonds. The normalized spacial score (nSPS) is 25.4. The molecule has 152 valence electrons. The molecule has 3 unspecified atom stereocenters. The molecule has 0 aromatic heterocycles. The highest BCUT2D eigenvalue weighted by molar-refractivity contribution is 7.99. The standard InChI is InChI=1S/C22H23NO5S/c1-14-21(28-18-5-3-2-4-17(18)27-14)22(24)23-9-8-20(29-11-10-23)15-6-7-16-19(12-15)26-13-25-16/h2-7,12,14,20-21H,8-11,13H2,1H3. The summed E-state index contributed by atoms with van der Waals surface area (Å²) in [6, 6.07) is 13.6. The highest BCUT2D eigenvalue weighted by Gasteiger charge is 2.37. The van der Waals surface area contributed by atoms with Crippen LogP contribution in [0.1, 0.15) is 24.2 Å². The molecule has 0 spiro atoms. The molecule has 0 aliphatic carbocycles. The van der Waals surface area contributed by atoms with Crippen LogP contribution in [0.15, 0.2) is 42.5 Å². The number of hydrogen-bond donors (Lipinski definition) is 0. The van der Waals surface area contributed by atoms with Crippen LogP contribution in [-0.2, 0) is 4.79 Å². The van der Waals surface area contributed by atoms with Gasteiger partial charge in [0.05, 0.1) is 0 Å². The molecule has 3 aliphatic heterocycles. The smallest absolute Gasteiger partial charge is 0.267 e. The first-order chi connectivity index (χ1) is 14.2. The van der Waals surface area contributed by atoms with Crippen LogP contribution >= 0.6 is 11.8 Å². The number of carbonyl (C=O) groups is 1. The molecule has 0 radical (unpaired) electrons. The fourth-order valence-electron chi connectivity index (χ4n) is 3.94. The highest BCUT2D eigenvalue weighted by atomic mass is 32.2. The van der Waals surface area contributed by atoms with Crippen LogP contribution < -0.4 is 18.9 Å². The number of fused-ring (bicyclic) bond motifs is 2. The van der Waals surface area contributed by atoms with Crippen LogP contribution in [0, 0.1) is 0 Å². The molecule has 1 saturated heterocycles. The number of ether oxygens (including phenoxy) is 4. The maximum Gasteiger partial charge on any atom is 0.267 e. The quantitative estimate of drug-likeness (QED) is 0.749. The molecular weight excluding hydrogens is 390 g/mol. The number of hydrogen-bond acceptors (Lipinski definition) is 6. The highest BCUT2D eigenvalue weighted by Crippen LogP contribution is 2.40. The molecule has 3 heterocycles. The van der Waals surface area contributed by atoms with Gasteiger partial charge in [-0.25, -0.2) is 0 Å². The van der Waals surface area contributed by atoms with Gasteiger partial charge >= 0.3 is 0 Å². The second-order valence-corrected chi connectivity index (χ2v) is 8.70. The molecule has 5 rings (SSSR count). The van der Waals surface area contributed by atoms with Crippen molar-refractivity contribution in [1.82, 2.24) is 4.90 Å². The van der Waals surface area contributed by atoms with E-state index in [2.05, 4.69) is 12.1 Å². The van der Waals surface area contributed by atoms with Crippen molar-refractivity contribution in [2.45, 2.75) is 30.8 Å². The fourth-order valence-corrected chi connectivity index (χ4v) is 5.16. The molecule has 6 nitrogen and oxygen atoms in total. The lowest BCUT2D eigenvalue weighted by Crippen LogP contribution is -2.51. The van der Waals surface area contributed by atoms with Crippen LogP contribution in [0.25, 0.3) is 0 Å². The Balaban J connectivity index is 1.26. The number of benzene rings is 2. The predicted molar refractivity (Wildman–Crippen MR) is 110 cm³/mol. The summed E-state index contributed by atoms with van der Waals surface area (Å²) in [5.41, 5.74) is 1.22. The van der Waals surface area contributed by atoms with Crippen LogP contribution in [0.2, 0.25) is 0 Å². The lowest BCUT2D eigenvalue weighted by atomic mass is 10.1. The van der Waals surface area contributed by atoms with E-state index in [1.807, 2.05) is 53.9 Å². The molecule has 0 N–H and O–H groups in total. The van der Waals surface area contributed by atoms with Gasteiger partial charge in [-0.15, -0.1) is 0 Å². The van der Waals surface area contributed by atoms with Crippen molar-refractivity contribution in [3.8, 4) is 23.0 Å². The zero-order valence-corrected chi connectivity index (χ0v) is 17.0. The Morgan fingerprint density at radius 3 is 2.66 bits per heavy atom. The van der Waals surface area contributed by atoms with E-state index in [4.69, 9.17) is 18.9 Å². The van der Waals surface area contributed by atoms with Crippen molar-refractivity contribution >= 4 is 17.7 Å². The maximum absolute atomic E-state index is 13.2. The zero-order valence-electron chi connectivity index (χ0n) is 16.2. The monoisotopic (exact) mass is 413 g/mol. The third-order valence-electron chi connectivity index (χ3n) is 5.51. The van der Waals surface area contributed by atoms with Crippen LogP contribution in [-0.4, -0.2) is 48.7 Å². The number of carbonyl (C=O) groups excluding carboxylic acids is 1. The molecule has 29 heavy (non-hydrogen) atoms. The van der Waals surface area contributed by atoms with Crippen molar-refractivity contribution in [3.63, 3.8) is 0 Å². The molecular formula is C22H23NO5S. The first-order valence-electron chi connectivity index (χ1n) is 9.91. The molecule has 3 aliphatic rings. The van der Waals surface area contributed by atoms with Crippen LogP contribution in [0.4, 0.5) is 0 Å². The first kappa shape index (κ1) is 18.5. The Labute approximate surface area is 174 Å². The van der Waals surface area contributed by atoms with Gasteiger partial charge in [0, 0.05) is 24.1 Å². The minimum atomic E-state index is -0.614. The van der Waals surface area contributed by atoms with E-state index in [0.29, 0.717) is 29.8 Å². The number of amides is 1. The predicted octanol–water partition coefficient (Wildman–Crippen LogP) is 3.65. The Kier molecular flexibility index (Phi) is 4.91. The number of thioether (sulfide) groups is 1. The second kappa shape index (κ2) is 7.71. The maximum atomic E-state index is 13.2. The van der Waals surface area contributed by atoms with Gasteiger partial charge in [-0.3, -0.25) is 4.79 Å². The Hall–Kier alpha value is -2.54. The summed E-state index contributed by atoms with van der Waals surface area (Å²) in [6.07, 6.45) is -0.0517. The Morgan fingerprint density at radius 1 is 1.00 bits per heavy atom. The molecule has 0 saturated carbocycles. The van der Waals surface area contributed by atoms with Crippen LogP contribution in [0.5, 0.6) is 23.0 Å². The van der Waals surface area contributed by atoms with E-state index in [-0.39, 0.29) is 18.8 Å². The van der Waals surface area contributed by atoms with Gasteiger partial charge < -0.3 is 23.8 Å². The summed E-state index contributed by atoms with van der Waals surface area (Å²) in [6.45, 7) is 3.57. The fraction of sp³-hybridized carbons (Fsp3) is 0.409. The van der Waals surface area contributed by atoms with Gasteiger partial charge in [-0.05, 0) is 43.2 Å². The molecule has 2 aromatic carbocycles. The van der Waals surface area contributed by atoms with Crippen molar-refractivity contribution < 1.29 is 23.7 Å². The van der Waals surface area contributed by atoms with Gasteiger partial charge in [0.1, 0.15) is 6.10 Å². The molecule has 2 aromatic rings. The lowest BCUT2D eigenvalue weighted by molar-refractivity contribution is -0.144. The van der Waals surface area contributed by atoms with Gasteiger partial charge in [0.2, 0.25) is 12.9 Å². The minimum absolute atomic E-state index is 0.000982. The van der Waals surface area contributed by atoms with Crippen molar-refractivity contribution in [1.29, 1.82) is 0 Å². The third-order valence-corrected chi connectivity index (χ3v) is 6.84. The van der Waals surface area contributed by atoms with Crippen molar-refractivity contribution in [2.24, 2.45) is 0 Å². The summed E-state index contributed by atoms with van der Waals surface area (Å²) < 4.78 is 22.8. The van der Waals surface area contributed by atoms with Gasteiger partial charge in [0.15, 0.2) is 23.0 Å². The summed E-state index contributed by atoms with van der Waals surface area (Å²) in [4.78, 5) is 15.1. The molecule has 0 bridgehead atoms. The van der Waals surface area contributed by atoms with E-state index in [9.17, 15) is 4.79 Å². The van der Waals surface area contributed by atoms with E-state index < -0.39 is 6.10 Å².